The molecule has 0 spiro atoms. The Kier molecular flexibility index (Phi) is 3.13. The topological polar surface area (TPSA) is 51.6 Å². The van der Waals surface area contributed by atoms with E-state index in [1.54, 1.807) is 24.5 Å². The van der Waals surface area contributed by atoms with E-state index in [-0.39, 0.29) is 0 Å². The van der Waals surface area contributed by atoms with Gasteiger partial charge in [0.25, 0.3) is 0 Å². The van der Waals surface area contributed by atoms with Crippen LogP contribution in [0.25, 0.3) is 11.3 Å². The highest BCUT2D eigenvalue weighted by atomic mass is 35.5. The molecule has 0 saturated heterocycles. The fraction of sp³-hybridized carbons (Fsp3) is 0.111. The molecule has 0 fully saturated rings. The summed E-state index contributed by atoms with van der Waals surface area (Å²) in [5.74, 6) is 0. The van der Waals surface area contributed by atoms with Crippen molar-refractivity contribution in [3.05, 3.63) is 29.7 Å². The number of hydrogen-bond donors (Lipinski definition) is 0. The molecule has 2 aromatic heterocycles. The molecular formula is C9H7ClN4S. The van der Waals surface area contributed by atoms with E-state index in [2.05, 4.69) is 20.2 Å². The van der Waals surface area contributed by atoms with Crippen molar-refractivity contribution >= 4 is 23.4 Å². The molecule has 0 aromatic carbocycles. The van der Waals surface area contributed by atoms with Crippen molar-refractivity contribution in [2.24, 2.45) is 0 Å². The van der Waals surface area contributed by atoms with E-state index in [4.69, 9.17) is 11.6 Å². The monoisotopic (exact) mass is 238 g/mol. The van der Waals surface area contributed by atoms with Gasteiger partial charge < -0.3 is 0 Å². The van der Waals surface area contributed by atoms with E-state index in [0.717, 1.165) is 11.3 Å². The van der Waals surface area contributed by atoms with Crippen LogP contribution in [0.4, 0.5) is 0 Å². The maximum atomic E-state index is 5.91. The summed E-state index contributed by atoms with van der Waals surface area (Å²) >= 11 is 7.40. The van der Waals surface area contributed by atoms with Crippen LogP contribution in [0.3, 0.4) is 0 Å². The van der Waals surface area contributed by atoms with Crippen LogP contribution >= 0.6 is 23.4 Å². The lowest BCUT2D eigenvalue weighted by Crippen LogP contribution is -1.91. The summed E-state index contributed by atoms with van der Waals surface area (Å²) in [6.07, 6.45) is 5.21. The van der Waals surface area contributed by atoms with Gasteiger partial charge in [0.15, 0.2) is 10.3 Å². The third kappa shape index (κ3) is 2.24. The van der Waals surface area contributed by atoms with Crippen molar-refractivity contribution in [1.82, 2.24) is 20.2 Å². The van der Waals surface area contributed by atoms with Gasteiger partial charge in [0.1, 0.15) is 0 Å². The molecule has 0 saturated carbocycles. The van der Waals surface area contributed by atoms with E-state index >= 15 is 0 Å². The maximum absolute atomic E-state index is 5.91. The van der Waals surface area contributed by atoms with Gasteiger partial charge in [-0.15, -0.1) is 5.10 Å². The quantitative estimate of drug-likeness (QED) is 0.594. The van der Waals surface area contributed by atoms with Gasteiger partial charge >= 0.3 is 0 Å². The standard InChI is InChI=1S/C9H7ClN4S/c1-15-9-11-4-3-7(13-9)6-2-5-12-14-8(6)10/h2-5H,1H3. The minimum absolute atomic E-state index is 0.350. The molecular weight excluding hydrogens is 232 g/mol. The normalized spacial score (nSPS) is 10.3. The van der Waals surface area contributed by atoms with Crippen LogP contribution in [0.15, 0.2) is 29.7 Å². The van der Waals surface area contributed by atoms with Gasteiger partial charge in [0, 0.05) is 11.8 Å². The zero-order chi connectivity index (χ0) is 10.7. The summed E-state index contributed by atoms with van der Waals surface area (Å²) in [5, 5.41) is 8.50. The van der Waals surface area contributed by atoms with Gasteiger partial charge in [-0.3, -0.25) is 0 Å². The van der Waals surface area contributed by atoms with Gasteiger partial charge in [0.05, 0.1) is 11.9 Å². The minimum atomic E-state index is 0.350. The smallest absolute Gasteiger partial charge is 0.187 e. The Morgan fingerprint density at radius 3 is 2.87 bits per heavy atom. The van der Waals surface area contributed by atoms with Crippen LogP contribution in [-0.4, -0.2) is 26.4 Å². The van der Waals surface area contributed by atoms with Crippen LogP contribution in [0.2, 0.25) is 5.15 Å². The van der Waals surface area contributed by atoms with Crippen LogP contribution < -0.4 is 0 Å². The molecule has 0 unspecified atom stereocenters. The number of hydrogen-bond acceptors (Lipinski definition) is 5. The number of nitrogens with zero attached hydrogens (tertiary/aromatic N) is 4. The zero-order valence-corrected chi connectivity index (χ0v) is 9.46. The minimum Gasteiger partial charge on any atom is -0.231 e. The molecule has 15 heavy (non-hydrogen) atoms. The Hall–Kier alpha value is -1.20. The van der Waals surface area contributed by atoms with Crippen molar-refractivity contribution < 1.29 is 0 Å². The third-order valence-corrected chi connectivity index (χ3v) is 2.61. The highest BCUT2D eigenvalue weighted by Gasteiger charge is 2.06. The van der Waals surface area contributed by atoms with Gasteiger partial charge in [-0.05, 0) is 18.4 Å². The molecule has 2 aromatic rings. The van der Waals surface area contributed by atoms with E-state index in [0.29, 0.717) is 10.3 Å². The summed E-state index contributed by atoms with van der Waals surface area (Å²) in [5.41, 5.74) is 1.53. The third-order valence-electron chi connectivity index (χ3n) is 1.77. The first-order valence-corrected chi connectivity index (χ1v) is 5.76. The van der Waals surface area contributed by atoms with Crippen molar-refractivity contribution in [1.29, 1.82) is 0 Å². The number of thioether (sulfide) groups is 1. The second-order valence-corrected chi connectivity index (χ2v) is 3.80. The molecule has 6 heteroatoms. The lowest BCUT2D eigenvalue weighted by molar-refractivity contribution is 0.969. The highest BCUT2D eigenvalue weighted by molar-refractivity contribution is 7.98. The average molecular weight is 239 g/mol. The molecule has 0 radical (unpaired) electrons. The molecule has 2 rings (SSSR count). The zero-order valence-electron chi connectivity index (χ0n) is 7.88. The summed E-state index contributed by atoms with van der Waals surface area (Å²) in [4.78, 5) is 8.41. The molecule has 4 nitrogen and oxygen atoms in total. The Balaban J connectivity index is 2.49. The predicted octanol–water partition coefficient (Wildman–Crippen LogP) is 2.31. The second-order valence-electron chi connectivity index (χ2n) is 2.66. The fourth-order valence-corrected chi connectivity index (χ4v) is 1.65. The molecule has 0 N–H and O–H groups in total. The van der Waals surface area contributed by atoms with E-state index in [9.17, 15) is 0 Å². The fourth-order valence-electron chi connectivity index (χ4n) is 1.09. The van der Waals surface area contributed by atoms with Crippen molar-refractivity contribution in [3.63, 3.8) is 0 Å². The van der Waals surface area contributed by atoms with Crippen molar-refractivity contribution in [2.75, 3.05) is 6.26 Å². The van der Waals surface area contributed by atoms with Crippen LogP contribution in [0.1, 0.15) is 0 Å². The Bertz CT molecular complexity index is 477. The predicted molar refractivity (Wildman–Crippen MR) is 59.8 cm³/mol. The van der Waals surface area contributed by atoms with Crippen LogP contribution in [-0.2, 0) is 0 Å². The summed E-state index contributed by atoms with van der Waals surface area (Å²) in [6.45, 7) is 0. The summed E-state index contributed by atoms with van der Waals surface area (Å²) in [7, 11) is 0. The molecule has 0 bridgehead atoms. The highest BCUT2D eigenvalue weighted by Crippen LogP contribution is 2.23. The summed E-state index contributed by atoms with van der Waals surface area (Å²) in [6, 6.07) is 3.57. The number of rotatable bonds is 2. The average Bonchev–Trinajstić information content (AvgIpc) is 2.30. The number of halogens is 1. The molecule has 0 amide bonds. The Labute approximate surface area is 96.1 Å². The summed E-state index contributed by atoms with van der Waals surface area (Å²) < 4.78 is 0. The lowest BCUT2D eigenvalue weighted by atomic mass is 10.2. The lowest BCUT2D eigenvalue weighted by Gasteiger charge is -2.02. The molecule has 0 aliphatic heterocycles. The second kappa shape index (κ2) is 4.55. The van der Waals surface area contributed by atoms with Gasteiger partial charge in [-0.1, -0.05) is 23.4 Å². The molecule has 0 aliphatic carbocycles. The van der Waals surface area contributed by atoms with E-state index in [1.807, 2.05) is 6.26 Å². The van der Waals surface area contributed by atoms with Crippen LogP contribution in [0, 0.1) is 0 Å². The number of aromatic nitrogens is 4. The maximum Gasteiger partial charge on any atom is 0.187 e. The van der Waals surface area contributed by atoms with Crippen LogP contribution in [0.5, 0.6) is 0 Å². The van der Waals surface area contributed by atoms with E-state index in [1.165, 1.54) is 11.8 Å². The first-order valence-electron chi connectivity index (χ1n) is 4.16. The van der Waals surface area contributed by atoms with Gasteiger partial charge in [-0.2, -0.15) is 5.10 Å². The van der Waals surface area contributed by atoms with Gasteiger partial charge in [0.2, 0.25) is 0 Å². The molecule has 0 aliphatic rings. The Morgan fingerprint density at radius 1 is 1.27 bits per heavy atom. The Morgan fingerprint density at radius 2 is 2.13 bits per heavy atom. The first-order chi connectivity index (χ1) is 7.31. The van der Waals surface area contributed by atoms with E-state index < -0.39 is 0 Å². The molecule has 76 valence electrons. The van der Waals surface area contributed by atoms with Crippen molar-refractivity contribution in [3.8, 4) is 11.3 Å². The molecule has 2 heterocycles. The van der Waals surface area contributed by atoms with Crippen molar-refractivity contribution in [2.45, 2.75) is 5.16 Å². The largest absolute Gasteiger partial charge is 0.231 e. The SMILES string of the molecule is CSc1nccc(-c2ccnnc2Cl)n1. The first kappa shape index (κ1) is 10.3. The molecule has 0 atom stereocenters. The van der Waals surface area contributed by atoms with Gasteiger partial charge in [-0.25, -0.2) is 9.97 Å².